The molecule has 1 aliphatic heterocycles. The summed E-state index contributed by atoms with van der Waals surface area (Å²) in [4.78, 5) is 14.6. The van der Waals surface area contributed by atoms with Gasteiger partial charge >= 0.3 is 0 Å². The predicted octanol–water partition coefficient (Wildman–Crippen LogP) is 7.24. The van der Waals surface area contributed by atoms with Crippen LogP contribution in [0.5, 0.6) is 5.75 Å². The fourth-order valence-corrected chi connectivity index (χ4v) is 11.7. The van der Waals surface area contributed by atoms with Gasteiger partial charge in [-0.25, -0.2) is 8.42 Å². The third-order valence-corrected chi connectivity index (χ3v) is 19.5. The van der Waals surface area contributed by atoms with Crippen LogP contribution in [0.15, 0.2) is 61.7 Å². The molecule has 0 bridgehead atoms. The molecular formula is C39H55ClN2O6SSi. The quantitative estimate of drug-likeness (QED) is 0.164. The van der Waals surface area contributed by atoms with Crippen LogP contribution in [0.1, 0.15) is 74.4 Å². The van der Waals surface area contributed by atoms with E-state index in [1.54, 1.807) is 30.4 Å². The number of allylic oxidation sites excluding steroid dienone is 1. The van der Waals surface area contributed by atoms with Crippen molar-refractivity contribution in [1.29, 1.82) is 0 Å². The second kappa shape index (κ2) is 14.8. The maximum Gasteiger partial charge on any atom is 0.248 e. The Morgan fingerprint density at radius 1 is 1.16 bits per heavy atom. The molecule has 3 aliphatic rings. The van der Waals surface area contributed by atoms with Crippen LogP contribution in [-0.4, -0.2) is 70.7 Å². The van der Waals surface area contributed by atoms with Crippen molar-refractivity contribution in [3.63, 3.8) is 0 Å². The fraction of sp³-hybridized carbons (Fsp3) is 0.564. The SMILES string of the molecule is C=CC[C@@H](CO[Si](C)(C)C(C)(C)C)S(=O)(=O)C1CCc2cc(Cl)ccc2C12COc1ccc(C(N)=O)cc1N(C[C@@H]1CC[C@H]1[C@@H](O)CC=C)C2. The number of aryl methyl sites for hydroxylation is 1. The van der Waals surface area contributed by atoms with E-state index in [-0.39, 0.29) is 36.5 Å². The van der Waals surface area contributed by atoms with E-state index in [2.05, 4.69) is 51.9 Å². The highest BCUT2D eigenvalue weighted by Crippen LogP contribution is 2.49. The van der Waals surface area contributed by atoms with Crippen LogP contribution >= 0.6 is 11.6 Å². The normalized spacial score (nSPS) is 24.9. The highest BCUT2D eigenvalue weighted by Gasteiger charge is 2.55. The summed E-state index contributed by atoms with van der Waals surface area (Å²) in [5.41, 5.74) is 7.73. The van der Waals surface area contributed by atoms with E-state index >= 15 is 8.42 Å². The molecule has 0 aromatic heterocycles. The number of aliphatic hydroxyl groups excluding tert-OH is 1. The third kappa shape index (κ3) is 7.47. The van der Waals surface area contributed by atoms with Crippen molar-refractivity contribution in [2.45, 2.75) is 99.4 Å². The maximum absolute atomic E-state index is 15.2. The number of sulfone groups is 1. The number of benzene rings is 2. The summed E-state index contributed by atoms with van der Waals surface area (Å²) >= 11 is 6.53. The van der Waals surface area contributed by atoms with Gasteiger partial charge in [0.25, 0.3) is 0 Å². The number of hydrogen-bond donors (Lipinski definition) is 2. The van der Waals surface area contributed by atoms with E-state index in [0.29, 0.717) is 54.4 Å². The molecule has 1 fully saturated rings. The standard InChI is InChI=1S/C39H55ClN2O6SSi/c1-8-10-30(23-48-50(6,7)38(3,4)5)49(45,46)36-19-14-26-20-29(40)15-17-32(26)39(36)24-42(22-28-12-16-31(28)34(43)11-9-2)33-21-27(37(41)44)13-18-35(33)47-25-39/h8-9,13,15,17-18,20-21,28,30-31,34,36,43H,1-2,10-12,14,16,19,22-25H2,3-7H3,(H2,41,44)/t28-,30-,31+,34-,36?,39?/m0/s1. The zero-order valence-electron chi connectivity index (χ0n) is 30.3. The molecule has 5 rings (SSSR count). The number of aliphatic hydroxyl groups is 1. The summed E-state index contributed by atoms with van der Waals surface area (Å²) in [5.74, 6) is 0.245. The Labute approximate surface area is 305 Å². The Balaban J connectivity index is 1.63. The van der Waals surface area contributed by atoms with E-state index in [1.165, 1.54) is 0 Å². The largest absolute Gasteiger partial charge is 0.490 e. The number of carbonyl (C=O) groups excluding carboxylic acids is 1. The highest BCUT2D eigenvalue weighted by atomic mass is 35.5. The number of fused-ring (bicyclic) bond motifs is 3. The lowest BCUT2D eigenvalue weighted by Crippen LogP contribution is -2.59. The summed E-state index contributed by atoms with van der Waals surface area (Å²) in [6.07, 6.45) is 6.48. The topological polar surface area (TPSA) is 119 Å². The minimum absolute atomic E-state index is 0.0798. The summed E-state index contributed by atoms with van der Waals surface area (Å²) in [6.45, 7) is 19.6. The number of amides is 1. The van der Waals surface area contributed by atoms with Crippen molar-refractivity contribution in [3.8, 4) is 5.75 Å². The molecule has 11 heteroatoms. The Kier molecular flexibility index (Phi) is 11.4. The smallest absolute Gasteiger partial charge is 0.248 e. The molecular weight excluding hydrogens is 688 g/mol. The zero-order valence-corrected chi connectivity index (χ0v) is 32.9. The van der Waals surface area contributed by atoms with Gasteiger partial charge in [-0.2, -0.15) is 0 Å². The van der Waals surface area contributed by atoms with Gasteiger partial charge in [0.2, 0.25) is 5.91 Å². The van der Waals surface area contributed by atoms with Crippen LogP contribution in [0.2, 0.25) is 23.2 Å². The van der Waals surface area contributed by atoms with Crippen molar-refractivity contribution in [3.05, 3.63) is 83.4 Å². The van der Waals surface area contributed by atoms with Gasteiger partial charge in [0.15, 0.2) is 18.2 Å². The van der Waals surface area contributed by atoms with Gasteiger partial charge in [0, 0.05) is 23.7 Å². The van der Waals surface area contributed by atoms with Gasteiger partial charge in [-0.05, 0) is 110 Å². The summed E-state index contributed by atoms with van der Waals surface area (Å²) in [5, 5.41) is 9.91. The number of carbonyl (C=O) groups is 1. The molecule has 2 aromatic carbocycles. The minimum atomic E-state index is -3.85. The lowest BCUT2D eigenvalue weighted by molar-refractivity contribution is 0.0178. The fourth-order valence-electron chi connectivity index (χ4n) is 7.90. The molecule has 0 radical (unpaired) electrons. The van der Waals surface area contributed by atoms with Crippen LogP contribution in [0.4, 0.5) is 5.69 Å². The molecule has 2 aliphatic carbocycles. The average Bonchev–Trinajstić information content (AvgIpc) is 3.17. The molecule has 6 atom stereocenters. The molecule has 1 spiro atoms. The van der Waals surface area contributed by atoms with Gasteiger partial charge in [0.1, 0.15) is 12.4 Å². The maximum atomic E-state index is 15.2. The van der Waals surface area contributed by atoms with E-state index in [4.69, 9.17) is 26.5 Å². The number of primary amides is 1. The molecule has 2 unspecified atom stereocenters. The van der Waals surface area contributed by atoms with Crippen LogP contribution < -0.4 is 15.4 Å². The first-order valence-corrected chi connectivity index (χ1v) is 22.7. The van der Waals surface area contributed by atoms with Gasteiger partial charge in [-0.15, -0.1) is 13.2 Å². The van der Waals surface area contributed by atoms with Gasteiger partial charge in [-0.3, -0.25) is 4.79 Å². The molecule has 1 heterocycles. The molecule has 2 aromatic rings. The number of ether oxygens (including phenoxy) is 1. The summed E-state index contributed by atoms with van der Waals surface area (Å²) in [6, 6.07) is 10.9. The van der Waals surface area contributed by atoms with Gasteiger partial charge in [-0.1, -0.05) is 50.6 Å². The first-order chi connectivity index (χ1) is 23.4. The number of halogens is 1. The number of rotatable bonds is 13. The number of nitrogens with zero attached hydrogens (tertiary/aromatic N) is 1. The summed E-state index contributed by atoms with van der Waals surface area (Å²) < 4.78 is 43.7. The number of hydrogen-bond acceptors (Lipinski definition) is 7. The van der Waals surface area contributed by atoms with Gasteiger partial charge < -0.3 is 24.9 Å². The van der Waals surface area contributed by atoms with E-state index < -0.39 is 46.1 Å². The molecule has 0 saturated heterocycles. The Hall–Kier alpha value is -2.63. The lowest BCUT2D eigenvalue weighted by Gasteiger charge is -2.48. The van der Waals surface area contributed by atoms with Gasteiger partial charge in [0.05, 0.1) is 34.3 Å². The Morgan fingerprint density at radius 3 is 2.50 bits per heavy atom. The van der Waals surface area contributed by atoms with Crippen molar-refractivity contribution in [2.24, 2.45) is 17.6 Å². The van der Waals surface area contributed by atoms with E-state index in [1.807, 2.05) is 18.2 Å². The van der Waals surface area contributed by atoms with Crippen molar-refractivity contribution in [2.75, 3.05) is 31.2 Å². The van der Waals surface area contributed by atoms with E-state index in [9.17, 15) is 9.90 Å². The number of anilines is 1. The molecule has 3 N–H and O–H groups in total. The van der Waals surface area contributed by atoms with Crippen molar-refractivity contribution in [1.82, 2.24) is 0 Å². The monoisotopic (exact) mass is 742 g/mol. The molecule has 1 amide bonds. The second-order valence-corrected chi connectivity index (χ2v) is 23.8. The van der Waals surface area contributed by atoms with Crippen LogP contribution in [0.3, 0.4) is 0 Å². The molecule has 50 heavy (non-hydrogen) atoms. The second-order valence-electron chi connectivity index (χ2n) is 16.1. The van der Waals surface area contributed by atoms with Crippen LogP contribution in [0.25, 0.3) is 0 Å². The predicted molar refractivity (Wildman–Crippen MR) is 206 cm³/mol. The lowest BCUT2D eigenvalue weighted by atomic mass is 9.68. The van der Waals surface area contributed by atoms with Crippen LogP contribution in [-0.2, 0) is 26.1 Å². The molecule has 274 valence electrons. The molecule has 1 saturated carbocycles. The van der Waals surface area contributed by atoms with E-state index in [0.717, 1.165) is 24.0 Å². The average molecular weight is 743 g/mol. The Bertz CT molecular complexity index is 1710. The highest BCUT2D eigenvalue weighted by molar-refractivity contribution is 7.92. The molecule has 8 nitrogen and oxygen atoms in total. The Morgan fingerprint density at radius 2 is 1.88 bits per heavy atom. The third-order valence-electron chi connectivity index (χ3n) is 12.0. The summed E-state index contributed by atoms with van der Waals surface area (Å²) in [7, 11) is -6.12. The zero-order chi connectivity index (χ0) is 36.6. The first-order valence-electron chi connectivity index (χ1n) is 17.8. The minimum Gasteiger partial charge on any atom is -0.490 e. The van der Waals surface area contributed by atoms with Crippen LogP contribution in [0, 0.1) is 11.8 Å². The number of nitrogens with two attached hydrogens (primary N) is 1. The van der Waals surface area contributed by atoms with Crippen molar-refractivity contribution >= 4 is 41.4 Å². The first kappa shape index (κ1) is 38.6. The van der Waals surface area contributed by atoms with Crippen molar-refractivity contribution < 1.29 is 27.5 Å².